The zero-order valence-electron chi connectivity index (χ0n) is 21.2. The van der Waals surface area contributed by atoms with Crippen LogP contribution in [0.2, 0.25) is 0 Å². The van der Waals surface area contributed by atoms with Crippen LogP contribution in [0.25, 0.3) is 44.6 Å². The quantitative estimate of drug-likeness (QED) is 0.328. The molecule has 0 unspecified atom stereocenters. The van der Waals surface area contributed by atoms with E-state index in [1.54, 1.807) is 12.4 Å². The molecule has 1 amide bonds. The summed E-state index contributed by atoms with van der Waals surface area (Å²) in [6.07, 6.45) is 8.35. The third kappa shape index (κ3) is 4.06. The highest BCUT2D eigenvalue weighted by molar-refractivity contribution is 5.98. The molecule has 6 heterocycles. The summed E-state index contributed by atoms with van der Waals surface area (Å²) in [6, 6.07) is 9.97. The van der Waals surface area contributed by atoms with Crippen LogP contribution < -0.4 is 10.2 Å². The van der Waals surface area contributed by atoms with Crippen molar-refractivity contribution >= 4 is 39.3 Å². The molecule has 0 aromatic carbocycles. The van der Waals surface area contributed by atoms with Gasteiger partial charge in [0.05, 0.1) is 34.3 Å². The second-order valence-electron chi connectivity index (χ2n) is 10.3. The third-order valence-corrected chi connectivity index (χ3v) is 7.77. The minimum atomic E-state index is 0.0694. The maximum atomic E-state index is 12.4. The first-order valence-corrected chi connectivity index (χ1v) is 13.2. The van der Waals surface area contributed by atoms with Crippen molar-refractivity contribution in [3.8, 4) is 22.6 Å². The Kier molecular flexibility index (Phi) is 5.54. The molecule has 1 saturated heterocycles. The number of H-pyrrole nitrogens is 2. The van der Waals surface area contributed by atoms with Gasteiger partial charge in [-0.15, -0.1) is 0 Å². The summed E-state index contributed by atoms with van der Waals surface area (Å²) >= 11 is 0. The van der Waals surface area contributed by atoms with Crippen molar-refractivity contribution in [2.45, 2.75) is 19.3 Å². The standard InChI is InChI=1S/C28H29N9O/c1-36-9-11-37(12-10-36)27-20-14-24(32-22(20)7-8-30-27)26-25-23(34-35-26)6-5-21(33-25)18-13-19(16-29-15-18)31-28(38)17-3-2-4-17/h5-8,13-17,32H,2-4,9-12H2,1H3,(H,31,38)(H,34,35). The van der Waals surface area contributed by atoms with E-state index in [0.29, 0.717) is 5.69 Å². The van der Waals surface area contributed by atoms with Crippen LogP contribution in [0.4, 0.5) is 11.5 Å². The van der Waals surface area contributed by atoms with Crippen molar-refractivity contribution in [3.63, 3.8) is 0 Å². The topological polar surface area (TPSA) is 119 Å². The second kappa shape index (κ2) is 9.21. The number of rotatable bonds is 5. The fourth-order valence-corrected chi connectivity index (χ4v) is 5.25. The largest absolute Gasteiger partial charge is 0.353 e. The maximum Gasteiger partial charge on any atom is 0.227 e. The van der Waals surface area contributed by atoms with Gasteiger partial charge in [0.25, 0.3) is 0 Å². The normalized spacial score (nSPS) is 16.7. The number of likely N-dealkylation sites (N-methyl/N-ethyl adjacent to an activating group) is 1. The first kappa shape index (κ1) is 22.9. The zero-order valence-corrected chi connectivity index (χ0v) is 21.2. The average molecular weight is 508 g/mol. The van der Waals surface area contributed by atoms with Gasteiger partial charge in [-0.05, 0) is 50.2 Å². The first-order valence-electron chi connectivity index (χ1n) is 13.2. The SMILES string of the molecule is CN1CCN(c2nccc3[nH]c(-c4n[nH]c5ccc(-c6cncc(NC(=O)C7CCC7)c6)nc45)cc23)CC1. The fourth-order valence-electron chi connectivity index (χ4n) is 5.25. The van der Waals surface area contributed by atoms with E-state index in [1.807, 2.05) is 30.5 Å². The van der Waals surface area contributed by atoms with Crippen molar-refractivity contribution in [2.75, 3.05) is 43.4 Å². The van der Waals surface area contributed by atoms with Gasteiger partial charge in [-0.3, -0.25) is 14.9 Å². The number of aromatic nitrogens is 6. The smallest absolute Gasteiger partial charge is 0.227 e. The lowest BCUT2D eigenvalue weighted by atomic mass is 9.85. The number of pyridine rings is 3. The summed E-state index contributed by atoms with van der Waals surface area (Å²) in [5.41, 5.74) is 6.58. The summed E-state index contributed by atoms with van der Waals surface area (Å²) in [5.74, 6) is 1.18. The van der Waals surface area contributed by atoms with E-state index in [4.69, 9.17) is 9.97 Å². The number of aromatic amines is 2. The lowest BCUT2D eigenvalue weighted by Gasteiger charge is -2.33. The molecule has 0 atom stereocenters. The van der Waals surface area contributed by atoms with Crippen molar-refractivity contribution in [1.29, 1.82) is 0 Å². The number of nitrogens with one attached hydrogen (secondary N) is 3. The Morgan fingerprint density at radius 2 is 1.92 bits per heavy atom. The maximum absolute atomic E-state index is 12.4. The predicted octanol–water partition coefficient (Wildman–Crippen LogP) is 4.05. The van der Waals surface area contributed by atoms with Gasteiger partial charge in [-0.1, -0.05) is 6.42 Å². The molecule has 3 N–H and O–H groups in total. The van der Waals surface area contributed by atoms with E-state index in [-0.39, 0.29) is 11.8 Å². The monoisotopic (exact) mass is 507 g/mol. The molecule has 1 aliphatic heterocycles. The summed E-state index contributed by atoms with van der Waals surface area (Å²) in [6.45, 7) is 3.94. The van der Waals surface area contributed by atoms with Gasteiger partial charge in [-0.25, -0.2) is 9.97 Å². The molecule has 0 radical (unpaired) electrons. The molecule has 10 heteroatoms. The van der Waals surface area contributed by atoms with Gasteiger partial charge in [0.1, 0.15) is 17.0 Å². The molecule has 38 heavy (non-hydrogen) atoms. The lowest BCUT2D eigenvalue weighted by Crippen LogP contribution is -2.44. The number of hydrogen-bond acceptors (Lipinski definition) is 7. The van der Waals surface area contributed by atoms with Gasteiger partial charge in [0, 0.05) is 55.4 Å². The van der Waals surface area contributed by atoms with Crippen LogP contribution in [0, 0.1) is 5.92 Å². The highest BCUT2D eigenvalue weighted by Gasteiger charge is 2.25. The van der Waals surface area contributed by atoms with E-state index in [9.17, 15) is 4.79 Å². The highest BCUT2D eigenvalue weighted by atomic mass is 16.1. The van der Waals surface area contributed by atoms with Crippen molar-refractivity contribution < 1.29 is 4.79 Å². The molecule has 2 aliphatic rings. The summed E-state index contributed by atoms with van der Waals surface area (Å²) < 4.78 is 0. The molecule has 2 fully saturated rings. The number of anilines is 2. The predicted molar refractivity (Wildman–Crippen MR) is 148 cm³/mol. The van der Waals surface area contributed by atoms with E-state index < -0.39 is 0 Å². The van der Waals surface area contributed by atoms with Crippen LogP contribution >= 0.6 is 0 Å². The van der Waals surface area contributed by atoms with Crippen molar-refractivity contribution in [2.24, 2.45) is 5.92 Å². The Balaban J connectivity index is 1.22. The average Bonchev–Trinajstić information content (AvgIpc) is 3.52. The van der Waals surface area contributed by atoms with E-state index in [0.717, 1.165) is 95.8 Å². The Morgan fingerprint density at radius 3 is 2.74 bits per heavy atom. The lowest BCUT2D eigenvalue weighted by molar-refractivity contribution is -0.122. The molecule has 1 aliphatic carbocycles. The highest BCUT2D eigenvalue weighted by Crippen LogP contribution is 2.33. The summed E-state index contributed by atoms with van der Waals surface area (Å²) in [4.78, 5) is 34.7. The minimum absolute atomic E-state index is 0.0694. The van der Waals surface area contributed by atoms with E-state index in [1.165, 1.54) is 0 Å². The number of hydrogen-bond donors (Lipinski definition) is 3. The molecule has 1 saturated carbocycles. The molecule has 192 valence electrons. The van der Waals surface area contributed by atoms with Gasteiger partial charge in [0.15, 0.2) is 0 Å². The minimum Gasteiger partial charge on any atom is -0.353 e. The van der Waals surface area contributed by atoms with Gasteiger partial charge >= 0.3 is 0 Å². The number of nitrogens with zero attached hydrogens (tertiary/aromatic N) is 6. The molecular formula is C28H29N9O. The number of piperazine rings is 1. The molecule has 7 rings (SSSR count). The second-order valence-corrected chi connectivity index (χ2v) is 10.3. The van der Waals surface area contributed by atoms with E-state index >= 15 is 0 Å². The molecule has 0 spiro atoms. The third-order valence-electron chi connectivity index (χ3n) is 7.77. The molecule has 0 bridgehead atoms. The molecular weight excluding hydrogens is 478 g/mol. The number of carbonyl (C=O) groups excluding carboxylic acids is 1. The first-order chi connectivity index (χ1) is 18.6. The number of fused-ring (bicyclic) bond motifs is 2. The Morgan fingerprint density at radius 1 is 1.05 bits per heavy atom. The van der Waals surface area contributed by atoms with E-state index in [2.05, 4.69) is 48.4 Å². The van der Waals surface area contributed by atoms with Crippen LogP contribution in [0.5, 0.6) is 0 Å². The Hall–Kier alpha value is -4.31. The Labute approximate surface area is 219 Å². The molecule has 10 nitrogen and oxygen atoms in total. The number of amides is 1. The van der Waals surface area contributed by atoms with Gasteiger partial charge in [0.2, 0.25) is 5.91 Å². The van der Waals surface area contributed by atoms with Crippen LogP contribution in [-0.4, -0.2) is 74.2 Å². The van der Waals surface area contributed by atoms with Crippen LogP contribution in [0.3, 0.4) is 0 Å². The molecule has 5 aromatic rings. The fraction of sp³-hybridized carbons (Fsp3) is 0.321. The van der Waals surface area contributed by atoms with Gasteiger partial charge < -0.3 is 20.1 Å². The van der Waals surface area contributed by atoms with Gasteiger partial charge in [-0.2, -0.15) is 5.10 Å². The summed E-state index contributed by atoms with van der Waals surface area (Å²) in [7, 11) is 2.15. The van der Waals surface area contributed by atoms with Crippen LogP contribution in [0.15, 0.2) is 48.9 Å². The van der Waals surface area contributed by atoms with Crippen LogP contribution in [0.1, 0.15) is 19.3 Å². The van der Waals surface area contributed by atoms with Crippen molar-refractivity contribution in [1.82, 2.24) is 35.0 Å². The molecule has 5 aromatic heterocycles. The van der Waals surface area contributed by atoms with Crippen LogP contribution in [-0.2, 0) is 4.79 Å². The number of carbonyl (C=O) groups is 1. The summed E-state index contributed by atoms with van der Waals surface area (Å²) in [5, 5.41) is 11.8. The zero-order chi connectivity index (χ0) is 25.6. The Bertz CT molecular complexity index is 1640. The van der Waals surface area contributed by atoms with Crippen molar-refractivity contribution in [3.05, 3.63) is 48.9 Å².